The van der Waals surface area contributed by atoms with Crippen LogP contribution in [0.1, 0.15) is 49.4 Å². The second-order valence-electron chi connectivity index (χ2n) is 4.29. The van der Waals surface area contributed by atoms with Gasteiger partial charge in [-0.25, -0.2) is 9.18 Å². The predicted molar refractivity (Wildman–Crippen MR) is 69.9 cm³/mol. The minimum atomic E-state index is -0.590. The van der Waals surface area contributed by atoms with Gasteiger partial charge in [-0.1, -0.05) is 32.6 Å². The van der Waals surface area contributed by atoms with Gasteiger partial charge in [0.15, 0.2) is 0 Å². The molecule has 1 aromatic carbocycles. The molecule has 3 nitrogen and oxygen atoms in total. The number of anilines is 1. The number of nitrogen functional groups attached to an aromatic ring is 1. The molecule has 0 unspecified atom stereocenters. The van der Waals surface area contributed by atoms with Crippen molar-refractivity contribution in [1.82, 2.24) is 0 Å². The quantitative estimate of drug-likeness (QED) is 0.459. The minimum Gasteiger partial charge on any atom is -0.462 e. The van der Waals surface area contributed by atoms with E-state index in [0.717, 1.165) is 25.3 Å². The van der Waals surface area contributed by atoms with Gasteiger partial charge in [-0.3, -0.25) is 0 Å². The van der Waals surface area contributed by atoms with Crippen LogP contribution in [0.2, 0.25) is 0 Å². The highest BCUT2D eigenvalue weighted by Gasteiger charge is 2.09. The molecular weight excluding hydrogens is 233 g/mol. The lowest BCUT2D eigenvalue weighted by Crippen LogP contribution is -2.07. The summed E-state index contributed by atoms with van der Waals surface area (Å²) in [6, 6.07) is 3.94. The van der Waals surface area contributed by atoms with E-state index < -0.39 is 11.8 Å². The molecule has 0 atom stereocenters. The first-order chi connectivity index (χ1) is 8.65. The molecular formula is C14H20FNO2. The number of carbonyl (C=O) groups is 1. The number of ether oxygens (including phenoxy) is 1. The van der Waals surface area contributed by atoms with Crippen molar-refractivity contribution in [1.29, 1.82) is 0 Å². The van der Waals surface area contributed by atoms with E-state index in [1.165, 1.54) is 25.0 Å². The molecule has 4 heteroatoms. The average molecular weight is 253 g/mol. The van der Waals surface area contributed by atoms with Gasteiger partial charge in [0, 0.05) is 0 Å². The van der Waals surface area contributed by atoms with Gasteiger partial charge in [0.25, 0.3) is 0 Å². The average Bonchev–Trinajstić information content (AvgIpc) is 2.36. The standard InChI is InChI=1S/C14H20FNO2/c1-2-3-4-5-6-9-18-14(17)11-7-8-13(16)12(15)10-11/h7-8,10H,2-6,9,16H2,1H3. The van der Waals surface area contributed by atoms with Crippen LogP contribution in [0.5, 0.6) is 0 Å². The molecule has 0 aliphatic rings. The zero-order chi connectivity index (χ0) is 13.4. The maximum atomic E-state index is 13.1. The maximum Gasteiger partial charge on any atom is 0.338 e. The molecule has 100 valence electrons. The van der Waals surface area contributed by atoms with Gasteiger partial charge in [-0.15, -0.1) is 0 Å². The molecule has 1 rings (SSSR count). The van der Waals surface area contributed by atoms with E-state index in [4.69, 9.17) is 10.5 Å². The molecule has 0 saturated heterocycles. The second-order valence-corrected chi connectivity index (χ2v) is 4.29. The zero-order valence-electron chi connectivity index (χ0n) is 10.7. The first-order valence-electron chi connectivity index (χ1n) is 6.37. The number of hydrogen-bond acceptors (Lipinski definition) is 3. The number of carbonyl (C=O) groups excluding carboxylic acids is 1. The van der Waals surface area contributed by atoms with E-state index >= 15 is 0 Å². The molecule has 0 radical (unpaired) electrons. The van der Waals surface area contributed by atoms with Crippen molar-refractivity contribution in [3.8, 4) is 0 Å². The summed E-state index contributed by atoms with van der Waals surface area (Å²) in [7, 11) is 0. The molecule has 1 aromatic rings. The van der Waals surface area contributed by atoms with Gasteiger partial charge < -0.3 is 10.5 Å². The van der Waals surface area contributed by atoms with Crippen LogP contribution >= 0.6 is 0 Å². The van der Waals surface area contributed by atoms with Crippen LogP contribution in [-0.2, 0) is 4.74 Å². The molecule has 2 N–H and O–H groups in total. The number of benzene rings is 1. The Morgan fingerprint density at radius 2 is 2.00 bits per heavy atom. The first kappa shape index (κ1) is 14.5. The summed E-state index contributed by atoms with van der Waals surface area (Å²) in [6.45, 7) is 2.53. The lowest BCUT2D eigenvalue weighted by molar-refractivity contribution is 0.0497. The fourth-order valence-corrected chi connectivity index (χ4v) is 1.61. The number of halogens is 1. The Morgan fingerprint density at radius 3 is 2.67 bits per heavy atom. The molecule has 18 heavy (non-hydrogen) atoms. The number of esters is 1. The maximum absolute atomic E-state index is 13.1. The molecule has 0 spiro atoms. The van der Waals surface area contributed by atoms with Crippen LogP contribution in [0, 0.1) is 5.82 Å². The van der Waals surface area contributed by atoms with E-state index in [-0.39, 0.29) is 11.3 Å². The second kappa shape index (κ2) is 7.69. The molecule has 0 heterocycles. The topological polar surface area (TPSA) is 52.3 Å². The summed E-state index contributed by atoms with van der Waals surface area (Å²) < 4.78 is 18.2. The third kappa shape index (κ3) is 4.73. The Morgan fingerprint density at radius 1 is 1.28 bits per heavy atom. The van der Waals surface area contributed by atoms with Crippen LogP contribution in [0.25, 0.3) is 0 Å². The first-order valence-corrected chi connectivity index (χ1v) is 6.37. The highest BCUT2D eigenvalue weighted by molar-refractivity contribution is 5.89. The summed E-state index contributed by atoms with van der Waals surface area (Å²) >= 11 is 0. The van der Waals surface area contributed by atoms with Crippen LogP contribution in [-0.4, -0.2) is 12.6 Å². The Labute approximate surface area is 107 Å². The van der Waals surface area contributed by atoms with Crippen molar-refractivity contribution in [2.75, 3.05) is 12.3 Å². The molecule has 0 aromatic heterocycles. The van der Waals surface area contributed by atoms with Crippen LogP contribution in [0.3, 0.4) is 0 Å². The fraction of sp³-hybridized carbons (Fsp3) is 0.500. The molecule has 0 saturated carbocycles. The molecule has 0 aliphatic carbocycles. The molecule has 0 fully saturated rings. The summed E-state index contributed by atoms with van der Waals surface area (Å²) in [4.78, 5) is 11.6. The Hall–Kier alpha value is -1.58. The van der Waals surface area contributed by atoms with Crippen LogP contribution < -0.4 is 5.73 Å². The fourth-order valence-electron chi connectivity index (χ4n) is 1.61. The van der Waals surface area contributed by atoms with Gasteiger partial charge in [0.2, 0.25) is 0 Å². The minimum absolute atomic E-state index is 0.0334. The Bertz CT molecular complexity index is 393. The predicted octanol–water partition coefficient (Wildman–Crippen LogP) is 3.54. The Balaban J connectivity index is 2.30. The Kier molecular flexibility index (Phi) is 6.19. The van der Waals surface area contributed by atoms with Crippen molar-refractivity contribution in [2.45, 2.75) is 39.0 Å². The van der Waals surface area contributed by atoms with Gasteiger partial charge >= 0.3 is 5.97 Å². The molecule has 0 amide bonds. The number of unbranched alkanes of at least 4 members (excludes halogenated alkanes) is 4. The van der Waals surface area contributed by atoms with Crippen LogP contribution in [0.4, 0.5) is 10.1 Å². The van der Waals surface area contributed by atoms with Gasteiger partial charge in [0.1, 0.15) is 5.82 Å². The van der Waals surface area contributed by atoms with Crippen LogP contribution in [0.15, 0.2) is 18.2 Å². The summed E-state index contributed by atoms with van der Waals surface area (Å²) in [6.07, 6.45) is 5.45. The van der Waals surface area contributed by atoms with E-state index in [9.17, 15) is 9.18 Å². The number of rotatable bonds is 7. The van der Waals surface area contributed by atoms with Gasteiger partial charge in [-0.2, -0.15) is 0 Å². The normalized spacial score (nSPS) is 10.3. The highest BCUT2D eigenvalue weighted by atomic mass is 19.1. The van der Waals surface area contributed by atoms with E-state index in [1.54, 1.807) is 0 Å². The smallest absolute Gasteiger partial charge is 0.338 e. The van der Waals surface area contributed by atoms with Crippen molar-refractivity contribution in [3.63, 3.8) is 0 Å². The summed E-state index contributed by atoms with van der Waals surface area (Å²) in [5, 5.41) is 0. The lowest BCUT2D eigenvalue weighted by Gasteiger charge is -2.05. The third-order valence-electron chi connectivity index (χ3n) is 2.72. The van der Waals surface area contributed by atoms with E-state index in [0.29, 0.717) is 6.61 Å². The SMILES string of the molecule is CCCCCCCOC(=O)c1ccc(N)c(F)c1. The number of hydrogen-bond donors (Lipinski definition) is 1. The van der Waals surface area contributed by atoms with E-state index in [2.05, 4.69) is 6.92 Å². The molecule has 0 bridgehead atoms. The number of nitrogens with two attached hydrogens (primary N) is 1. The summed E-state index contributed by atoms with van der Waals surface area (Å²) in [5.41, 5.74) is 5.57. The largest absolute Gasteiger partial charge is 0.462 e. The summed E-state index contributed by atoms with van der Waals surface area (Å²) in [5.74, 6) is -1.09. The third-order valence-corrected chi connectivity index (χ3v) is 2.72. The van der Waals surface area contributed by atoms with E-state index in [1.807, 2.05) is 0 Å². The highest BCUT2D eigenvalue weighted by Crippen LogP contribution is 2.13. The van der Waals surface area contributed by atoms with Crippen molar-refractivity contribution in [2.24, 2.45) is 0 Å². The van der Waals surface area contributed by atoms with Gasteiger partial charge in [-0.05, 0) is 24.6 Å². The van der Waals surface area contributed by atoms with Crippen molar-refractivity contribution < 1.29 is 13.9 Å². The van der Waals surface area contributed by atoms with Crippen molar-refractivity contribution in [3.05, 3.63) is 29.6 Å². The monoisotopic (exact) mass is 253 g/mol. The van der Waals surface area contributed by atoms with Gasteiger partial charge in [0.05, 0.1) is 17.9 Å². The lowest BCUT2D eigenvalue weighted by atomic mass is 10.2. The zero-order valence-corrected chi connectivity index (χ0v) is 10.7. The van der Waals surface area contributed by atoms with Crippen molar-refractivity contribution >= 4 is 11.7 Å². The molecule has 0 aliphatic heterocycles.